The molecule has 2 aromatic carbocycles. The Bertz CT molecular complexity index is 818. The van der Waals surface area contributed by atoms with E-state index in [1.807, 2.05) is 6.20 Å². The van der Waals surface area contributed by atoms with Crippen LogP contribution in [0.3, 0.4) is 0 Å². The molecule has 1 fully saturated rings. The lowest BCUT2D eigenvalue weighted by molar-refractivity contribution is 0.175. The number of rotatable bonds is 5. The highest BCUT2D eigenvalue weighted by Crippen LogP contribution is 2.23. The molecular weight excluding hydrogens is 325 g/mol. The Balaban J connectivity index is 1.30. The largest absolute Gasteiger partial charge is 0.341 e. The maximum absolute atomic E-state index is 13.0. The monoisotopic (exact) mass is 349 g/mol. The summed E-state index contributed by atoms with van der Waals surface area (Å²) in [6.07, 6.45) is 5.57. The second-order valence-corrected chi connectivity index (χ2v) is 7.17. The van der Waals surface area contributed by atoms with Crippen LogP contribution in [0.1, 0.15) is 24.1 Å². The summed E-state index contributed by atoms with van der Waals surface area (Å²) in [6.45, 7) is 3.15. The van der Waals surface area contributed by atoms with Gasteiger partial charge in [0, 0.05) is 24.0 Å². The van der Waals surface area contributed by atoms with Gasteiger partial charge in [0.2, 0.25) is 0 Å². The molecule has 1 saturated heterocycles. The molecule has 1 N–H and O–H groups in total. The number of aromatic nitrogens is 2. The van der Waals surface area contributed by atoms with E-state index < -0.39 is 0 Å². The minimum atomic E-state index is -0.223. The van der Waals surface area contributed by atoms with Gasteiger partial charge in [-0.15, -0.1) is 0 Å². The van der Waals surface area contributed by atoms with Crippen molar-refractivity contribution in [1.29, 1.82) is 0 Å². The van der Waals surface area contributed by atoms with Crippen LogP contribution in [-0.2, 0) is 13.0 Å². The number of halogens is 1. The zero-order valence-electron chi connectivity index (χ0n) is 14.9. The smallest absolute Gasteiger partial charge is 0.137 e. The van der Waals surface area contributed by atoms with Crippen molar-refractivity contribution < 1.29 is 4.39 Å². The quantitative estimate of drug-likeness (QED) is 0.726. The van der Waals surface area contributed by atoms with Crippen LogP contribution in [0.2, 0.25) is 0 Å². The third-order valence-corrected chi connectivity index (χ3v) is 5.21. The molecule has 134 valence electrons. The van der Waals surface area contributed by atoms with Crippen molar-refractivity contribution in [3.8, 4) is 11.4 Å². The van der Waals surface area contributed by atoms with Gasteiger partial charge < -0.3 is 4.98 Å². The molecule has 2 heterocycles. The van der Waals surface area contributed by atoms with E-state index in [0.717, 1.165) is 42.6 Å². The van der Waals surface area contributed by atoms with E-state index in [2.05, 4.69) is 45.2 Å². The van der Waals surface area contributed by atoms with Gasteiger partial charge in [-0.3, -0.25) is 4.90 Å². The van der Waals surface area contributed by atoms with E-state index in [0.29, 0.717) is 0 Å². The number of nitrogens with zero attached hydrogens (tertiary/aromatic N) is 2. The van der Waals surface area contributed by atoms with Crippen molar-refractivity contribution in [2.45, 2.75) is 25.8 Å². The Hall–Kier alpha value is -2.46. The van der Waals surface area contributed by atoms with E-state index >= 15 is 0 Å². The van der Waals surface area contributed by atoms with Crippen LogP contribution in [0.25, 0.3) is 11.4 Å². The van der Waals surface area contributed by atoms with Crippen molar-refractivity contribution in [2.24, 2.45) is 5.92 Å². The molecule has 1 aliphatic heterocycles. The Morgan fingerprint density at radius 2 is 1.73 bits per heavy atom. The van der Waals surface area contributed by atoms with Crippen LogP contribution in [0, 0.1) is 11.7 Å². The van der Waals surface area contributed by atoms with Gasteiger partial charge in [0.25, 0.3) is 0 Å². The standard InChI is InChI=1S/C22H24FN3/c23-20-8-6-19(7-9-20)22-24-15-21(25-22)16-26-12-10-18(11-13-26)14-17-4-2-1-3-5-17/h1-9,15,18H,10-14,16H2,(H,24,25). The highest BCUT2D eigenvalue weighted by Gasteiger charge is 2.20. The third-order valence-electron chi connectivity index (χ3n) is 5.21. The summed E-state index contributed by atoms with van der Waals surface area (Å²) in [7, 11) is 0. The number of nitrogens with one attached hydrogen (secondary N) is 1. The summed E-state index contributed by atoms with van der Waals surface area (Å²) in [4.78, 5) is 10.3. The molecule has 4 rings (SSSR count). The lowest BCUT2D eigenvalue weighted by Gasteiger charge is -2.31. The van der Waals surface area contributed by atoms with Crippen molar-refractivity contribution >= 4 is 0 Å². The summed E-state index contributed by atoms with van der Waals surface area (Å²) in [6, 6.07) is 17.2. The first kappa shape index (κ1) is 17.0. The fourth-order valence-corrected chi connectivity index (χ4v) is 3.73. The molecule has 0 aliphatic carbocycles. The maximum Gasteiger partial charge on any atom is 0.137 e. The zero-order chi connectivity index (χ0) is 17.8. The van der Waals surface area contributed by atoms with Crippen LogP contribution in [0.4, 0.5) is 4.39 Å². The predicted molar refractivity (Wildman–Crippen MR) is 102 cm³/mol. The molecule has 0 amide bonds. The van der Waals surface area contributed by atoms with Crippen molar-refractivity contribution in [2.75, 3.05) is 13.1 Å². The van der Waals surface area contributed by atoms with Crippen molar-refractivity contribution in [1.82, 2.24) is 14.9 Å². The summed E-state index contributed by atoms with van der Waals surface area (Å²) in [5, 5.41) is 0. The average Bonchev–Trinajstić information content (AvgIpc) is 3.13. The van der Waals surface area contributed by atoms with Gasteiger partial charge in [0.1, 0.15) is 11.6 Å². The number of H-pyrrole nitrogens is 1. The molecule has 0 spiro atoms. The maximum atomic E-state index is 13.0. The molecule has 3 aromatic rings. The van der Waals surface area contributed by atoms with Crippen LogP contribution in [-0.4, -0.2) is 28.0 Å². The average molecular weight is 349 g/mol. The fourth-order valence-electron chi connectivity index (χ4n) is 3.73. The predicted octanol–water partition coefficient (Wildman–Crippen LogP) is 4.67. The Kier molecular flexibility index (Phi) is 5.12. The minimum absolute atomic E-state index is 0.223. The number of piperidine rings is 1. The normalized spacial score (nSPS) is 16.0. The van der Waals surface area contributed by atoms with Gasteiger partial charge in [-0.25, -0.2) is 9.37 Å². The van der Waals surface area contributed by atoms with Gasteiger partial charge >= 0.3 is 0 Å². The number of aromatic amines is 1. The molecule has 4 heteroatoms. The van der Waals surface area contributed by atoms with Gasteiger partial charge in [0.15, 0.2) is 0 Å². The molecular formula is C22H24FN3. The minimum Gasteiger partial charge on any atom is -0.341 e. The molecule has 0 atom stereocenters. The molecule has 0 radical (unpaired) electrons. The van der Waals surface area contributed by atoms with E-state index in [9.17, 15) is 4.39 Å². The van der Waals surface area contributed by atoms with Crippen LogP contribution < -0.4 is 0 Å². The third kappa shape index (κ3) is 4.20. The first-order chi connectivity index (χ1) is 12.8. The van der Waals surface area contributed by atoms with Crippen LogP contribution in [0.5, 0.6) is 0 Å². The number of imidazole rings is 1. The fraction of sp³-hybridized carbons (Fsp3) is 0.318. The van der Waals surface area contributed by atoms with Gasteiger partial charge in [-0.05, 0) is 68.1 Å². The molecule has 26 heavy (non-hydrogen) atoms. The summed E-state index contributed by atoms with van der Waals surface area (Å²) >= 11 is 0. The number of benzene rings is 2. The molecule has 0 unspecified atom stereocenters. The lowest BCUT2D eigenvalue weighted by Crippen LogP contribution is -2.33. The van der Waals surface area contributed by atoms with E-state index in [1.165, 1.54) is 37.0 Å². The summed E-state index contributed by atoms with van der Waals surface area (Å²) in [5.74, 6) is 1.36. The summed E-state index contributed by atoms with van der Waals surface area (Å²) in [5.41, 5.74) is 3.48. The second-order valence-electron chi connectivity index (χ2n) is 7.17. The molecule has 1 aliphatic rings. The van der Waals surface area contributed by atoms with Crippen LogP contribution >= 0.6 is 0 Å². The van der Waals surface area contributed by atoms with Gasteiger partial charge in [0.05, 0.1) is 0 Å². The van der Waals surface area contributed by atoms with Crippen LogP contribution in [0.15, 0.2) is 60.8 Å². The topological polar surface area (TPSA) is 31.9 Å². The van der Waals surface area contributed by atoms with Crippen molar-refractivity contribution in [3.63, 3.8) is 0 Å². The number of hydrogen-bond acceptors (Lipinski definition) is 2. The Morgan fingerprint density at radius 3 is 2.46 bits per heavy atom. The highest BCUT2D eigenvalue weighted by molar-refractivity contribution is 5.54. The van der Waals surface area contributed by atoms with E-state index in [1.54, 1.807) is 12.1 Å². The first-order valence-electron chi connectivity index (χ1n) is 9.32. The number of likely N-dealkylation sites (tertiary alicyclic amines) is 1. The van der Waals surface area contributed by atoms with E-state index in [-0.39, 0.29) is 5.82 Å². The SMILES string of the molecule is Fc1ccc(-c2ncc(CN3CCC(Cc4ccccc4)CC3)[nH]2)cc1. The Morgan fingerprint density at radius 1 is 1.00 bits per heavy atom. The zero-order valence-corrected chi connectivity index (χ0v) is 14.9. The first-order valence-corrected chi connectivity index (χ1v) is 9.32. The van der Waals surface area contributed by atoms with Gasteiger partial charge in [-0.1, -0.05) is 30.3 Å². The molecule has 0 saturated carbocycles. The second kappa shape index (κ2) is 7.83. The summed E-state index contributed by atoms with van der Waals surface area (Å²) < 4.78 is 13.0. The Labute approximate surface area is 153 Å². The molecule has 0 bridgehead atoms. The number of hydrogen-bond donors (Lipinski definition) is 1. The lowest BCUT2D eigenvalue weighted by atomic mass is 9.90. The highest BCUT2D eigenvalue weighted by atomic mass is 19.1. The molecule has 1 aromatic heterocycles. The van der Waals surface area contributed by atoms with Crippen molar-refractivity contribution in [3.05, 3.63) is 77.9 Å². The van der Waals surface area contributed by atoms with E-state index in [4.69, 9.17) is 0 Å². The van der Waals surface area contributed by atoms with Gasteiger partial charge in [-0.2, -0.15) is 0 Å². The molecule has 3 nitrogen and oxygen atoms in total.